The van der Waals surface area contributed by atoms with Crippen molar-refractivity contribution in [3.8, 4) is 5.75 Å². The maximum Gasteiger partial charge on any atom is 0.431 e. The number of aliphatic carboxylic acids is 1. The fraction of sp³-hybridized carbons (Fsp3) is 0.429. The number of hydrogen-bond donors (Lipinski definition) is 3. The van der Waals surface area contributed by atoms with Gasteiger partial charge in [0.1, 0.15) is 17.3 Å². The minimum absolute atomic E-state index is 0.147. The molecule has 7 heteroatoms. The number of phenols is 1. The van der Waals surface area contributed by atoms with Gasteiger partial charge in [0.2, 0.25) is 0 Å². The second-order valence-corrected chi connectivity index (χ2v) is 5.36. The number of ether oxygens (including phenoxy) is 1. The van der Waals surface area contributed by atoms with Crippen LogP contribution in [0.15, 0.2) is 24.3 Å². The monoisotopic (exact) mass is 297 g/mol. The lowest BCUT2D eigenvalue weighted by Gasteiger charge is -2.20. The van der Waals surface area contributed by atoms with Crippen LogP contribution in [0.2, 0.25) is 0 Å². The summed E-state index contributed by atoms with van der Waals surface area (Å²) in [6.07, 6.45) is -0.816. The molecule has 1 rings (SSSR count). The minimum Gasteiger partial charge on any atom is -0.508 e. The highest BCUT2D eigenvalue weighted by Gasteiger charge is 2.24. The molecular weight excluding hydrogens is 278 g/mol. The maximum absolute atomic E-state index is 11.4. The molecule has 0 saturated carbocycles. The van der Waals surface area contributed by atoms with Gasteiger partial charge in [-0.05, 0) is 26.8 Å². The smallest absolute Gasteiger partial charge is 0.431 e. The van der Waals surface area contributed by atoms with E-state index in [0.29, 0.717) is 0 Å². The van der Waals surface area contributed by atoms with E-state index in [1.165, 1.54) is 12.1 Å². The molecule has 3 N–H and O–H groups in total. The van der Waals surface area contributed by atoms with Crippen LogP contribution in [-0.2, 0) is 14.4 Å². The summed E-state index contributed by atoms with van der Waals surface area (Å²) in [5.41, 5.74) is 1.53. The topological polar surface area (TPSA) is 105 Å². The molecule has 1 atom stereocenters. The van der Waals surface area contributed by atoms with E-state index in [9.17, 15) is 14.7 Å². The fourth-order valence-corrected chi connectivity index (χ4v) is 1.56. The van der Waals surface area contributed by atoms with E-state index >= 15 is 0 Å². The van der Waals surface area contributed by atoms with Crippen molar-refractivity contribution < 1.29 is 29.4 Å². The number of carbonyl (C=O) groups is 2. The van der Waals surface area contributed by atoms with Gasteiger partial charge in [0.05, 0.1) is 6.61 Å². The van der Waals surface area contributed by atoms with Crippen LogP contribution in [-0.4, -0.2) is 34.5 Å². The Morgan fingerprint density at radius 2 is 1.90 bits per heavy atom. The number of para-hydroxylation sites is 1. The van der Waals surface area contributed by atoms with Crippen molar-refractivity contribution in [3.05, 3.63) is 29.8 Å². The second kappa shape index (κ2) is 6.94. The number of rotatable bonds is 5. The third kappa shape index (κ3) is 5.70. The van der Waals surface area contributed by atoms with Crippen LogP contribution < -0.4 is 5.48 Å². The number of phenolic OH excluding ortho intramolecular Hbond substituents is 1. The van der Waals surface area contributed by atoms with Gasteiger partial charge in [0, 0.05) is 5.56 Å². The van der Waals surface area contributed by atoms with Crippen molar-refractivity contribution in [3.63, 3.8) is 0 Å². The van der Waals surface area contributed by atoms with Crippen LogP contribution in [0.1, 0.15) is 32.3 Å². The number of carboxylic acid groups (broad SMARTS) is 1. The molecule has 1 aromatic carbocycles. The summed E-state index contributed by atoms with van der Waals surface area (Å²) >= 11 is 0. The molecule has 0 aliphatic carbocycles. The van der Waals surface area contributed by atoms with Crippen molar-refractivity contribution in [1.29, 1.82) is 0 Å². The van der Waals surface area contributed by atoms with Crippen molar-refractivity contribution in [1.82, 2.24) is 5.48 Å². The first-order valence-corrected chi connectivity index (χ1v) is 6.32. The average Bonchev–Trinajstić information content (AvgIpc) is 2.33. The zero-order valence-corrected chi connectivity index (χ0v) is 12.1. The molecule has 7 nitrogen and oxygen atoms in total. The summed E-state index contributed by atoms with van der Waals surface area (Å²) in [5.74, 6) is -2.44. The zero-order valence-electron chi connectivity index (χ0n) is 12.1. The molecule has 1 aromatic rings. The van der Waals surface area contributed by atoms with Crippen LogP contribution in [0.4, 0.5) is 4.79 Å². The quantitative estimate of drug-likeness (QED) is 0.718. The molecule has 0 saturated heterocycles. The molecule has 0 fully saturated rings. The second-order valence-electron chi connectivity index (χ2n) is 5.36. The summed E-state index contributed by atoms with van der Waals surface area (Å²) in [5, 5.41) is 18.8. The molecule has 0 heterocycles. The Morgan fingerprint density at radius 1 is 1.29 bits per heavy atom. The fourth-order valence-electron chi connectivity index (χ4n) is 1.56. The molecule has 1 amide bonds. The lowest BCUT2D eigenvalue weighted by molar-refractivity contribution is -0.141. The number of nitrogens with one attached hydrogen (secondary N) is 1. The van der Waals surface area contributed by atoms with Gasteiger partial charge in [-0.25, -0.2) is 4.79 Å². The zero-order chi connectivity index (χ0) is 16.0. The highest BCUT2D eigenvalue weighted by molar-refractivity contribution is 5.77. The van der Waals surface area contributed by atoms with Crippen LogP contribution >= 0.6 is 0 Å². The summed E-state index contributed by atoms with van der Waals surface area (Å²) in [7, 11) is 0. The SMILES string of the molecule is CC(C)(C)OC(=O)NOCC(C(=O)O)c1ccccc1O. The first-order chi connectivity index (χ1) is 9.70. The van der Waals surface area contributed by atoms with Crippen LogP contribution in [0, 0.1) is 0 Å². The van der Waals surface area contributed by atoms with Gasteiger partial charge < -0.3 is 14.9 Å². The first kappa shape index (κ1) is 16.8. The number of amides is 1. The number of aromatic hydroxyl groups is 1. The lowest BCUT2D eigenvalue weighted by atomic mass is 9.99. The predicted molar refractivity (Wildman–Crippen MR) is 73.8 cm³/mol. The molecule has 0 aliphatic rings. The van der Waals surface area contributed by atoms with E-state index < -0.39 is 23.6 Å². The molecule has 116 valence electrons. The van der Waals surface area contributed by atoms with E-state index in [-0.39, 0.29) is 17.9 Å². The van der Waals surface area contributed by atoms with E-state index in [0.717, 1.165) is 0 Å². The molecule has 0 bridgehead atoms. The Morgan fingerprint density at radius 3 is 2.43 bits per heavy atom. The average molecular weight is 297 g/mol. The third-order valence-corrected chi connectivity index (χ3v) is 2.41. The van der Waals surface area contributed by atoms with Crippen molar-refractivity contribution in [2.24, 2.45) is 0 Å². The van der Waals surface area contributed by atoms with Crippen LogP contribution in [0.5, 0.6) is 5.75 Å². The molecule has 0 spiro atoms. The summed E-state index contributed by atoms with van der Waals surface area (Å²) < 4.78 is 4.94. The number of hydroxylamine groups is 1. The summed E-state index contributed by atoms with van der Waals surface area (Å²) in [4.78, 5) is 27.4. The summed E-state index contributed by atoms with van der Waals surface area (Å²) in [6.45, 7) is 4.73. The molecule has 0 aromatic heterocycles. The molecule has 0 aliphatic heterocycles. The van der Waals surface area contributed by atoms with E-state index in [2.05, 4.69) is 0 Å². The van der Waals surface area contributed by atoms with Gasteiger partial charge >= 0.3 is 12.1 Å². The largest absolute Gasteiger partial charge is 0.508 e. The highest BCUT2D eigenvalue weighted by Crippen LogP contribution is 2.25. The van der Waals surface area contributed by atoms with E-state index in [1.54, 1.807) is 32.9 Å². The standard InChI is InChI=1S/C14H19NO6/c1-14(2,3)21-13(19)15-20-8-10(12(17)18)9-6-4-5-7-11(9)16/h4-7,10,16H,8H2,1-3H3,(H,15,19)(H,17,18). The summed E-state index contributed by atoms with van der Waals surface area (Å²) in [6, 6.07) is 6.04. The molecule has 21 heavy (non-hydrogen) atoms. The minimum atomic E-state index is -1.18. The normalized spacial score (nSPS) is 12.5. The Kier molecular flexibility index (Phi) is 5.54. The Hall–Kier alpha value is -2.28. The van der Waals surface area contributed by atoms with E-state index in [4.69, 9.17) is 14.7 Å². The van der Waals surface area contributed by atoms with Gasteiger partial charge in [0.25, 0.3) is 0 Å². The third-order valence-electron chi connectivity index (χ3n) is 2.41. The lowest BCUT2D eigenvalue weighted by Crippen LogP contribution is -2.34. The van der Waals surface area contributed by atoms with Gasteiger partial charge in [-0.1, -0.05) is 18.2 Å². The van der Waals surface area contributed by atoms with Gasteiger partial charge in [-0.3, -0.25) is 9.63 Å². The number of carboxylic acids is 1. The van der Waals surface area contributed by atoms with Crippen molar-refractivity contribution >= 4 is 12.1 Å². The van der Waals surface area contributed by atoms with Crippen LogP contribution in [0.25, 0.3) is 0 Å². The predicted octanol–water partition coefficient (Wildman–Crippen LogP) is 2.02. The van der Waals surface area contributed by atoms with Crippen molar-refractivity contribution in [2.75, 3.05) is 6.61 Å². The van der Waals surface area contributed by atoms with Gasteiger partial charge in [-0.2, -0.15) is 5.48 Å². The Bertz CT molecular complexity index is 508. The number of carbonyl (C=O) groups excluding carboxylic acids is 1. The molecule has 0 radical (unpaired) electrons. The number of hydrogen-bond acceptors (Lipinski definition) is 5. The molecular formula is C14H19NO6. The van der Waals surface area contributed by atoms with E-state index in [1.807, 2.05) is 5.48 Å². The van der Waals surface area contributed by atoms with Gasteiger partial charge in [0.15, 0.2) is 0 Å². The molecule has 1 unspecified atom stereocenters. The Labute approximate surface area is 122 Å². The van der Waals surface area contributed by atoms with Crippen LogP contribution in [0.3, 0.4) is 0 Å². The number of benzene rings is 1. The highest BCUT2D eigenvalue weighted by atomic mass is 16.7. The van der Waals surface area contributed by atoms with Gasteiger partial charge in [-0.15, -0.1) is 0 Å². The maximum atomic E-state index is 11.4. The van der Waals surface area contributed by atoms with Crippen molar-refractivity contribution in [2.45, 2.75) is 32.3 Å². The Balaban J connectivity index is 2.60. The first-order valence-electron chi connectivity index (χ1n) is 6.32.